The number of ether oxygens (including phenoxy) is 1. The number of rotatable bonds is 8. The van der Waals surface area contributed by atoms with Crippen molar-refractivity contribution in [1.82, 2.24) is 4.72 Å². The zero-order valence-corrected chi connectivity index (χ0v) is 13.6. The summed E-state index contributed by atoms with van der Waals surface area (Å²) in [5, 5.41) is 10.6. The van der Waals surface area contributed by atoms with Crippen LogP contribution >= 0.6 is 0 Å². The molecule has 134 valence electrons. The zero-order valence-electron chi connectivity index (χ0n) is 12.8. The molecule has 2 aromatic rings. The minimum atomic E-state index is -3.71. The van der Waals surface area contributed by atoms with Crippen molar-refractivity contribution in [2.75, 3.05) is 0 Å². The van der Waals surface area contributed by atoms with Gasteiger partial charge in [0.1, 0.15) is 5.75 Å². The van der Waals surface area contributed by atoms with Gasteiger partial charge in [0.05, 0.1) is 10.7 Å². The van der Waals surface area contributed by atoms with Crippen LogP contribution in [-0.2, 0) is 22.3 Å². The largest absolute Gasteiger partial charge is 0.435 e. The fourth-order valence-electron chi connectivity index (χ4n) is 2.01. The van der Waals surface area contributed by atoms with E-state index in [2.05, 4.69) is 9.46 Å². The van der Waals surface area contributed by atoms with Crippen molar-refractivity contribution >= 4 is 15.7 Å². The molecule has 0 saturated carbocycles. The van der Waals surface area contributed by atoms with Crippen molar-refractivity contribution in [3.63, 3.8) is 0 Å². The Hall–Kier alpha value is -2.59. The van der Waals surface area contributed by atoms with Gasteiger partial charge in [0.25, 0.3) is 5.69 Å². The molecule has 0 heterocycles. The predicted octanol–water partition coefficient (Wildman–Crippen LogP) is 2.82. The topological polar surface area (TPSA) is 98.5 Å². The maximum Gasteiger partial charge on any atom is 0.387 e. The Balaban J connectivity index is 1.98. The highest BCUT2D eigenvalue weighted by atomic mass is 32.2. The maximum atomic E-state index is 12.2. The number of halogens is 2. The van der Waals surface area contributed by atoms with Crippen LogP contribution in [-0.4, -0.2) is 20.0 Å². The molecule has 1 N–H and O–H groups in total. The SMILES string of the molecule is O=[N+]([O-])c1ccc(CS(=O)(=O)NCc2cccc(OC(F)F)c2)cc1. The molecule has 0 fully saturated rings. The van der Waals surface area contributed by atoms with E-state index < -0.39 is 21.6 Å². The van der Waals surface area contributed by atoms with E-state index in [9.17, 15) is 27.3 Å². The van der Waals surface area contributed by atoms with Gasteiger partial charge in [-0.15, -0.1) is 0 Å². The number of hydrogen-bond donors (Lipinski definition) is 1. The van der Waals surface area contributed by atoms with Gasteiger partial charge in [-0.05, 0) is 23.3 Å². The molecule has 2 aromatic carbocycles. The Morgan fingerprint density at radius 2 is 1.80 bits per heavy atom. The fourth-order valence-corrected chi connectivity index (χ4v) is 3.13. The summed E-state index contributed by atoms with van der Waals surface area (Å²) in [5.41, 5.74) is 0.697. The van der Waals surface area contributed by atoms with Crippen LogP contribution < -0.4 is 9.46 Å². The summed E-state index contributed by atoms with van der Waals surface area (Å²) in [4.78, 5) is 9.99. The van der Waals surface area contributed by atoms with Crippen LogP contribution in [0.1, 0.15) is 11.1 Å². The van der Waals surface area contributed by atoms with Crippen molar-refractivity contribution in [3.05, 3.63) is 69.8 Å². The first kappa shape index (κ1) is 18.7. The van der Waals surface area contributed by atoms with Gasteiger partial charge in [0.15, 0.2) is 0 Å². The smallest absolute Gasteiger partial charge is 0.387 e. The highest BCUT2D eigenvalue weighted by molar-refractivity contribution is 7.88. The molecule has 0 aromatic heterocycles. The van der Waals surface area contributed by atoms with Crippen LogP contribution in [0, 0.1) is 10.1 Å². The summed E-state index contributed by atoms with van der Waals surface area (Å²) in [7, 11) is -3.71. The molecule has 2 rings (SSSR count). The van der Waals surface area contributed by atoms with E-state index in [-0.39, 0.29) is 23.7 Å². The minimum Gasteiger partial charge on any atom is -0.435 e. The second-order valence-electron chi connectivity index (χ2n) is 5.03. The molecule has 0 unspecified atom stereocenters. The molecule has 25 heavy (non-hydrogen) atoms. The number of nitrogens with zero attached hydrogens (tertiary/aromatic N) is 1. The van der Waals surface area contributed by atoms with Gasteiger partial charge in [-0.25, -0.2) is 13.1 Å². The van der Waals surface area contributed by atoms with Gasteiger partial charge in [-0.3, -0.25) is 10.1 Å². The lowest BCUT2D eigenvalue weighted by atomic mass is 10.2. The minimum absolute atomic E-state index is 0.0675. The van der Waals surface area contributed by atoms with Gasteiger partial charge >= 0.3 is 6.61 Å². The van der Waals surface area contributed by atoms with Gasteiger partial charge < -0.3 is 4.74 Å². The van der Waals surface area contributed by atoms with Crippen LogP contribution in [0.15, 0.2) is 48.5 Å². The van der Waals surface area contributed by atoms with Crippen molar-refractivity contribution in [2.24, 2.45) is 0 Å². The third-order valence-electron chi connectivity index (χ3n) is 3.12. The molecule has 0 amide bonds. The van der Waals surface area contributed by atoms with Gasteiger partial charge in [0, 0.05) is 18.7 Å². The van der Waals surface area contributed by atoms with Crippen LogP contribution in [0.4, 0.5) is 14.5 Å². The molecular weight excluding hydrogens is 358 g/mol. The molecule has 10 heteroatoms. The molecule has 0 aliphatic carbocycles. The van der Waals surface area contributed by atoms with E-state index in [1.54, 1.807) is 6.07 Å². The number of sulfonamides is 1. The number of benzene rings is 2. The molecule has 0 aliphatic rings. The first-order valence-electron chi connectivity index (χ1n) is 6.99. The van der Waals surface area contributed by atoms with E-state index in [0.29, 0.717) is 11.1 Å². The van der Waals surface area contributed by atoms with Crippen molar-refractivity contribution < 1.29 is 26.9 Å². The quantitative estimate of drug-likeness (QED) is 0.567. The third kappa shape index (κ3) is 6.08. The third-order valence-corrected chi connectivity index (χ3v) is 4.42. The van der Waals surface area contributed by atoms with Crippen molar-refractivity contribution in [2.45, 2.75) is 18.9 Å². The Bertz CT molecular complexity index is 841. The van der Waals surface area contributed by atoms with Crippen LogP contribution in [0.3, 0.4) is 0 Å². The Morgan fingerprint density at radius 1 is 1.12 bits per heavy atom. The fraction of sp³-hybridized carbons (Fsp3) is 0.200. The lowest BCUT2D eigenvalue weighted by molar-refractivity contribution is -0.384. The van der Waals surface area contributed by atoms with Gasteiger partial charge in [-0.1, -0.05) is 24.3 Å². The average molecular weight is 372 g/mol. The Labute approximate surface area is 142 Å². The molecule has 0 spiro atoms. The van der Waals surface area contributed by atoms with Crippen LogP contribution in [0.5, 0.6) is 5.75 Å². The van der Waals surface area contributed by atoms with E-state index >= 15 is 0 Å². The lowest BCUT2D eigenvalue weighted by Gasteiger charge is -2.09. The molecule has 0 radical (unpaired) electrons. The monoisotopic (exact) mass is 372 g/mol. The summed E-state index contributed by atoms with van der Waals surface area (Å²) < 4.78 is 55.0. The first-order valence-corrected chi connectivity index (χ1v) is 8.65. The van der Waals surface area contributed by atoms with E-state index in [1.807, 2.05) is 0 Å². The summed E-state index contributed by atoms with van der Waals surface area (Å²) in [6.45, 7) is -3.07. The summed E-state index contributed by atoms with van der Waals surface area (Å²) >= 11 is 0. The van der Waals surface area contributed by atoms with Gasteiger partial charge in [-0.2, -0.15) is 8.78 Å². The highest BCUT2D eigenvalue weighted by Gasteiger charge is 2.13. The molecule has 0 saturated heterocycles. The van der Waals surface area contributed by atoms with E-state index in [4.69, 9.17) is 0 Å². The molecule has 7 nitrogen and oxygen atoms in total. The molecular formula is C15H14F2N2O5S. The van der Waals surface area contributed by atoms with E-state index in [0.717, 1.165) is 0 Å². The van der Waals surface area contributed by atoms with Crippen LogP contribution in [0.25, 0.3) is 0 Å². The highest BCUT2D eigenvalue weighted by Crippen LogP contribution is 2.17. The number of nitrogens with one attached hydrogen (secondary N) is 1. The maximum absolute atomic E-state index is 12.2. The first-order chi connectivity index (χ1) is 11.7. The van der Waals surface area contributed by atoms with E-state index in [1.165, 1.54) is 42.5 Å². The van der Waals surface area contributed by atoms with Crippen LogP contribution in [0.2, 0.25) is 0 Å². The summed E-state index contributed by atoms with van der Waals surface area (Å²) in [5.74, 6) is -0.430. The predicted molar refractivity (Wildman–Crippen MR) is 85.6 cm³/mol. The number of non-ortho nitro benzene ring substituents is 1. The second-order valence-corrected chi connectivity index (χ2v) is 6.84. The van der Waals surface area contributed by atoms with Crippen molar-refractivity contribution in [3.8, 4) is 5.75 Å². The van der Waals surface area contributed by atoms with Crippen molar-refractivity contribution in [1.29, 1.82) is 0 Å². The number of nitro benzene ring substituents is 1. The Kier molecular flexibility index (Phi) is 5.99. The normalized spacial score (nSPS) is 11.5. The number of nitro groups is 1. The average Bonchev–Trinajstić information content (AvgIpc) is 2.53. The summed E-state index contributed by atoms with van der Waals surface area (Å²) in [6, 6.07) is 10.8. The zero-order chi connectivity index (χ0) is 18.4. The molecule has 0 bridgehead atoms. The second kappa shape index (κ2) is 7.99. The molecule has 0 atom stereocenters. The molecule has 0 aliphatic heterocycles. The summed E-state index contributed by atoms with van der Waals surface area (Å²) in [6.07, 6.45) is 0. The standard InChI is InChI=1S/C15H14F2N2O5S/c16-15(17)24-14-3-1-2-12(8-14)9-18-25(22,23)10-11-4-6-13(7-5-11)19(20)21/h1-8,15,18H,9-10H2. The van der Waals surface area contributed by atoms with Gasteiger partial charge in [0.2, 0.25) is 10.0 Å². The number of hydrogen-bond acceptors (Lipinski definition) is 5. The number of alkyl halides is 2. The Morgan fingerprint density at radius 3 is 2.40 bits per heavy atom. The lowest BCUT2D eigenvalue weighted by Crippen LogP contribution is -2.24.